The van der Waals surface area contributed by atoms with E-state index in [-0.39, 0.29) is 11.9 Å². The SMILES string of the molecule is CCOC(CCCNCCOc1ccccc1OC)c1ccc(F)cc1.O=C(O)C(=O)O. The molecule has 0 bridgehead atoms. The highest BCUT2D eigenvalue weighted by Crippen LogP contribution is 2.25. The van der Waals surface area contributed by atoms with E-state index in [1.54, 1.807) is 19.2 Å². The van der Waals surface area contributed by atoms with E-state index in [4.69, 9.17) is 34.0 Å². The highest BCUT2D eigenvalue weighted by molar-refractivity contribution is 6.27. The van der Waals surface area contributed by atoms with Gasteiger partial charge in [-0.25, -0.2) is 14.0 Å². The predicted octanol–water partition coefficient (Wildman–Crippen LogP) is 3.52. The Hall–Kier alpha value is -3.17. The lowest BCUT2D eigenvalue weighted by Gasteiger charge is -2.17. The molecule has 2 rings (SSSR count). The van der Waals surface area contributed by atoms with Crippen LogP contribution in [0.4, 0.5) is 4.39 Å². The van der Waals surface area contributed by atoms with E-state index < -0.39 is 11.9 Å². The number of carboxylic acids is 2. The van der Waals surface area contributed by atoms with Crippen LogP contribution < -0.4 is 14.8 Å². The van der Waals surface area contributed by atoms with Crippen LogP contribution in [0, 0.1) is 5.82 Å². The lowest BCUT2D eigenvalue weighted by molar-refractivity contribution is -0.159. The van der Waals surface area contributed by atoms with Crippen molar-refractivity contribution in [1.82, 2.24) is 5.32 Å². The number of halogens is 1. The molecular formula is C23H30FNO7. The molecule has 176 valence electrons. The number of nitrogens with one attached hydrogen (secondary N) is 1. The van der Waals surface area contributed by atoms with Crippen LogP contribution in [-0.4, -0.2) is 55.6 Å². The third kappa shape index (κ3) is 10.7. The normalized spacial score (nSPS) is 11.1. The van der Waals surface area contributed by atoms with E-state index in [1.165, 1.54) is 12.1 Å². The Balaban J connectivity index is 0.000000751. The summed E-state index contributed by atoms with van der Waals surface area (Å²) in [6.45, 7) is 4.83. The van der Waals surface area contributed by atoms with Gasteiger partial charge in [0.05, 0.1) is 13.2 Å². The first-order valence-electron chi connectivity index (χ1n) is 10.2. The molecule has 0 saturated heterocycles. The molecule has 0 radical (unpaired) electrons. The third-order valence-corrected chi connectivity index (χ3v) is 4.22. The maximum Gasteiger partial charge on any atom is 0.414 e. The molecule has 9 heteroatoms. The van der Waals surface area contributed by atoms with Gasteiger partial charge in [0.15, 0.2) is 11.5 Å². The largest absolute Gasteiger partial charge is 0.493 e. The minimum atomic E-state index is -1.82. The number of aliphatic carboxylic acids is 2. The smallest absolute Gasteiger partial charge is 0.414 e. The monoisotopic (exact) mass is 451 g/mol. The van der Waals surface area contributed by atoms with Crippen LogP contribution in [0.15, 0.2) is 48.5 Å². The molecule has 0 amide bonds. The zero-order valence-corrected chi connectivity index (χ0v) is 18.3. The van der Waals surface area contributed by atoms with Gasteiger partial charge >= 0.3 is 11.9 Å². The first-order valence-corrected chi connectivity index (χ1v) is 10.2. The first-order chi connectivity index (χ1) is 15.4. The Morgan fingerprint density at radius 2 is 1.62 bits per heavy atom. The topological polar surface area (TPSA) is 114 Å². The fraction of sp³-hybridized carbons (Fsp3) is 0.391. The summed E-state index contributed by atoms with van der Waals surface area (Å²) in [6.07, 6.45) is 1.86. The van der Waals surface area contributed by atoms with Gasteiger partial charge in [-0.3, -0.25) is 0 Å². The average molecular weight is 451 g/mol. The van der Waals surface area contributed by atoms with Gasteiger partial charge < -0.3 is 29.7 Å². The molecule has 0 aliphatic carbocycles. The van der Waals surface area contributed by atoms with Crippen molar-refractivity contribution >= 4 is 11.9 Å². The number of para-hydroxylation sites is 2. The fourth-order valence-electron chi connectivity index (χ4n) is 2.73. The average Bonchev–Trinajstić information content (AvgIpc) is 2.79. The van der Waals surface area contributed by atoms with Gasteiger partial charge in [0.2, 0.25) is 0 Å². The van der Waals surface area contributed by atoms with Gasteiger partial charge in [-0.1, -0.05) is 24.3 Å². The summed E-state index contributed by atoms with van der Waals surface area (Å²) in [7, 11) is 1.64. The number of carboxylic acid groups (broad SMARTS) is 2. The molecule has 0 spiro atoms. The van der Waals surface area contributed by atoms with E-state index >= 15 is 0 Å². The molecule has 1 unspecified atom stereocenters. The maximum absolute atomic E-state index is 13.1. The van der Waals surface area contributed by atoms with Crippen molar-refractivity contribution in [2.75, 3.05) is 33.4 Å². The van der Waals surface area contributed by atoms with Crippen LogP contribution in [0.5, 0.6) is 11.5 Å². The van der Waals surface area contributed by atoms with Gasteiger partial charge in [0.25, 0.3) is 0 Å². The summed E-state index contributed by atoms with van der Waals surface area (Å²) in [5, 5.41) is 18.2. The summed E-state index contributed by atoms with van der Waals surface area (Å²) < 4.78 is 29.8. The van der Waals surface area contributed by atoms with E-state index in [1.807, 2.05) is 31.2 Å². The third-order valence-electron chi connectivity index (χ3n) is 4.22. The minimum absolute atomic E-state index is 0.00669. The molecule has 2 aromatic carbocycles. The second-order valence-corrected chi connectivity index (χ2v) is 6.50. The quantitative estimate of drug-likeness (QED) is 0.332. The van der Waals surface area contributed by atoms with Gasteiger partial charge in [0, 0.05) is 13.2 Å². The molecule has 3 N–H and O–H groups in total. The highest BCUT2D eigenvalue weighted by atomic mass is 19.1. The Labute approximate surface area is 186 Å². The van der Waals surface area contributed by atoms with Crippen molar-refractivity contribution < 1.29 is 38.4 Å². The summed E-state index contributed by atoms with van der Waals surface area (Å²) in [4.78, 5) is 18.2. The molecule has 0 aromatic heterocycles. The Kier molecular flexibility index (Phi) is 13.1. The van der Waals surface area contributed by atoms with Crippen molar-refractivity contribution in [2.24, 2.45) is 0 Å². The standard InChI is InChI=1S/C21H28FNO3.C2H2O4/c1-3-25-19(17-10-12-18(22)13-11-17)9-6-14-23-15-16-26-21-8-5-4-7-20(21)24-2;3-1(4)2(5)6/h4-5,7-8,10-13,19,23H,3,6,9,14-16H2,1-2H3;(H,3,4)(H,5,6). The van der Waals surface area contributed by atoms with Crippen LogP contribution in [0.3, 0.4) is 0 Å². The second-order valence-electron chi connectivity index (χ2n) is 6.50. The summed E-state index contributed by atoms with van der Waals surface area (Å²) in [5.74, 6) is -2.37. The summed E-state index contributed by atoms with van der Waals surface area (Å²) in [6, 6.07) is 14.2. The van der Waals surface area contributed by atoms with Crippen molar-refractivity contribution in [3.63, 3.8) is 0 Å². The summed E-state index contributed by atoms with van der Waals surface area (Å²) >= 11 is 0. The molecule has 1 atom stereocenters. The Morgan fingerprint density at radius 1 is 1.00 bits per heavy atom. The zero-order valence-electron chi connectivity index (χ0n) is 18.3. The highest BCUT2D eigenvalue weighted by Gasteiger charge is 2.11. The first kappa shape index (κ1) is 26.9. The van der Waals surface area contributed by atoms with E-state index in [2.05, 4.69) is 5.32 Å². The van der Waals surface area contributed by atoms with Crippen LogP contribution >= 0.6 is 0 Å². The number of benzene rings is 2. The Bertz CT molecular complexity index is 802. The predicted molar refractivity (Wildman–Crippen MR) is 117 cm³/mol. The van der Waals surface area contributed by atoms with E-state index in [0.29, 0.717) is 13.2 Å². The molecule has 0 fully saturated rings. The van der Waals surface area contributed by atoms with Crippen LogP contribution in [0.1, 0.15) is 31.4 Å². The van der Waals surface area contributed by atoms with Crippen molar-refractivity contribution in [1.29, 1.82) is 0 Å². The van der Waals surface area contributed by atoms with Crippen molar-refractivity contribution in [3.8, 4) is 11.5 Å². The molecule has 32 heavy (non-hydrogen) atoms. The van der Waals surface area contributed by atoms with Gasteiger partial charge in [-0.2, -0.15) is 0 Å². The molecular weight excluding hydrogens is 421 g/mol. The molecule has 0 aliphatic rings. The zero-order chi connectivity index (χ0) is 23.8. The van der Waals surface area contributed by atoms with E-state index in [0.717, 1.165) is 43.0 Å². The molecule has 0 aliphatic heterocycles. The second kappa shape index (κ2) is 15.6. The van der Waals surface area contributed by atoms with Gasteiger partial charge in [-0.15, -0.1) is 0 Å². The molecule has 2 aromatic rings. The summed E-state index contributed by atoms with van der Waals surface area (Å²) in [5.41, 5.74) is 1.02. The molecule has 8 nitrogen and oxygen atoms in total. The molecule has 0 heterocycles. The van der Waals surface area contributed by atoms with E-state index in [9.17, 15) is 4.39 Å². The van der Waals surface area contributed by atoms with Crippen molar-refractivity contribution in [3.05, 3.63) is 59.9 Å². The maximum atomic E-state index is 13.1. The number of ether oxygens (including phenoxy) is 3. The fourth-order valence-corrected chi connectivity index (χ4v) is 2.73. The number of hydrogen-bond donors (Lipinski definition) is 3. The van der Waals surface area contributed by atoms with Gasteiger partial charge in [0.1, 0.15) is 12.4 Å². The number of carbonyl (C=O) groups is 2. The Morgan fingerprint density at radius 3 is 2.19 bits per heavy atom. The van der Waals surface area contributed by atoms with Crippen molar-refractivity contribution in [2.45, 2.75) is 25.9 Å². The number of methoxy groups -OCH3 is 1. The number of rotatable bonds is 12. The lowest BCUT2D eigenvalue weighted by Crippen LogP contribution is -2.22. The molecule has 0 saturated carbocycles. The minimum Gasteiger partial charge on any atom is -0.493 e. The number of hydrogen-bond acceptors (Lipinski definition) is 6. The van der Waals surface area contributed by atoms with Crippen LogP contribution in [0.2, 0.25) is 0 Å². The van der Waals surface area contributed by atoms with Crippen LogP contribution in [0.25, 0.3) is 0 Å². The lowest BCUT2D eigenvalue weighted by atomic mass is 10.0. The van der Waals surface area contributed by atoms with Crippen LogP contribution in [-0.2, 0) is 14.3 Å². The van der Waals surface area contributed by atoms with Gasteiger partial charge in [-0.05, 0) is 56.1 Å².